The minimum absolute atomic E-state index is 0.0356. The number of fused-ring (bicyclic) bond motifs is 3. The van der Waals surface area contributed by atoms with Gasteiger partial charge in [0.1, 0.15) is 6.04 Å². The highest BCUT2D eigenvalue weighted by Gasteiger charge is 2.34. The van der Waals surface area contributed by atoms with E-state index in [0.29, 0.717) is 6.42 Å². The van der Waals surface area contributed by atoms with E-state index < -0.39 is 0 Å². The number of benzene rings is 1. The van der Waals surface area contributed by atoms with Gasteiger partial charge in [-0.25, -0.2) is 0 Å². The summed E-state index contributed by atoms with van der Waals surface area (Å²) in [5.74, 6) is -0.221. The SMILES string of the molecule is COC(=O)C1Cc2c([nH]c3ccccc23)C(c2cc(Br)cs2)N1. The van der Waals surface area contributed by atoms with Gasteiger partial charge in [0.15, 0.2) is 0 Å². The Morgan fingerprint density at radius 3 is 2.96 bits per heavy atom. The van der Waals surface area contributed by atoms with Gasteiger partial charge in [-0.1, -0.05) is 18.2 Å². The Balaban J connectivity index is 1.87. The summed E-state index contributed by atoms with van der Waals surface area (Å²) in [7, 11) is 1.44. The van der Waals surface area contributed by atoms with Gasteiger partial charge in [0, 0.05) is 37.7 Å². The van der Waals surface area contributed by atoms with Gasteiger partial charge < -0.3 is 9.72 Å². The predicted molar refractivity (Wildman–Crippen MR) is 94.8 cm³/mol. The average molecular weight is 391 g/mol. The van der Waals surface area contributed by atoms with Crippen molar-refractivity contribution in [3.05, 3.63) is 56.3 Å². The lowest BCUT2D eigenvalue weighted by Gasteiger charge is -2.29. The highest BCUT2D eigenvalue weighted by molar-refractivity contribution is 9.10. The molecule has 3 heterocycles. The summed E-state index contributed by atoms with van der Waals surface area (Å²) in [6.07, 6.45) is 0.634. The molecule has 0 radical (unpaired) electrons. The van der Waals surface area contributed by atoms with Crippen molar-refractivity contribution in [3.63, 3.8) is 0 Å². The number of nitrogens with one attached hydrogen (secondary N) is 2. The third-order valence-corrected chi connectivity index (χ3v) is 6.03. The maximum Gasteiger partial charge on any atom is 0.323 e. The number of halogens is 1. The lowest BCUT2D eigenvalue weighted by molar-refractivity contribution is -0.143. The molecule has 1 aliphatic rings. The van der Waals surface area contributed by atoms with Crippen LogP contribution >= 0.6 is 27.3 Å². The minimum atomic E-state index is -0.336. The molecule has 0 amide bonds. The van der Waals surface area contributed by atoms with E-state index >= 15 is 0 Å². The van der Waals surface area contributed by atoms with E-state index in [4.69, 9.17) is 4.74 Å². The number of carbonyl (C=O) groups is 1. The summed E-state index contributed by atoms with van der Waals surface area (Å²) in [6, 6.07) is 9.95. The first-order valence-corrected chi connectivity index (χ1v) is 9.02. The number of para-hydroxylation sites is 1. The number of aromatic nitrogens is 1. The molecular formula is C17H15BrN2O2S. The minimum Gasteiger partial charge on any atom is -0.468 e. The summed E-state index contributed by atoms with van der Waals surface area (Å²) in [4.78, 5) is 16.8. The van der Waals surface area contributed by atoms with Crippen LogP contribution in [-0.4, -0.2) is 24.1 Å². The number of carbonyl (C=O) groups excluding carboxylic acids is 1. The van der Waals surface area contributed by atoms with Gasteiger partial charge in [-0.05, 0) is 33.6 Å². The smallest absolute Gasteiger partial charge is 0.323 e. The number of aromatic amines is 1. The molecule has 2 aromatic heterocycles. The molecular weight excluding hydrogens is 376 g/mol. The third kappa shape index (κ3) is 2.51. The number of H-pyrrole nitrogens is 1. The van der Waals surface area contributed by atoms with Gasteiger partial charge in [-0.15, -0.1) is 11.3 Å². The van der Waals surface area contributed by atoms with Crippen LogP contribution < -0.4 is 5.32 Å². The van der Waals surface area contributed by atoms with Crippen LogP contribution in [-0.2, 0) is 16.0 Å². The lowest BCUT2D eigenvalue weighted by Crippen LogP contribution is -2.45. The first kappa shape index (κ1) is 14.9. The van der Waals surface area contributed by atoms with Crippen molar-refractivity contribution >= 4 is 44.1 Å². The number of rotatable bonds is 2. The maximum atomic E-state index is 12.1. The van der Waals surface area contributed by atoms with Crippen molar-refractivity contribution in [1.82, 2.24) is 10.3 Å². The van der Waals surface area contributed by atoms with Crippen LogP contribution in [0.2, 0.25) is 0 Å². The molecule has 23 heavy (non-hydrogen) atoms. The molecule has 2 unspecified atom stereocenters. The number of esters is 1. The van der Waals surface area contributed by atoms with E-state index in [1.54, 1.807) is 11.3 Å². The van der Waals surface area contributed by atoms with Crippen molar-refractivity contribution in [2.45, 2.75) is 18.5 Å². The zero-order valence-electron chi connectivity index (χ0n) is 12.4. The van der Waals surface area contributed by atoms with Crippen LogP contribution in [0.5, 0.6) is 0 Å². The van der Waals surface area contributed by atoms with Gasteiger partial charge >= 0.3 is 5.97 Å². The van der Waals surface area contributed by atoms with Crippen LogP contribution in [0.15, 0.2) is 40.2 Å². The Labute approximate surface area is 146 Å². The van der Waals surface area contributed by atoms with Gasteiger partial charge in [0.25, 0.3) is 0 Å². The number of hydrogen-bond donors (Lipinski definition) is 2. The van der Waals surface area contributed by atoms with Crippen molar-refractivity contribution in [1.29, 1.82) is 0 Å². The normalized spacial score (nSPS) is 20.4. The zero-order valence-corrected chi connectivity index (χ0v) is 14.8. The van der Waals surface area contributed by atoms with E-state index in [2.05, 4.69) is 49.8 Å². The monoisotopic (exact) mass is 390 g/mol. The molecule has 1 aromatic carbocycles. The summed E-state index contributed by atoms with van der Waals surface area (Å²) in [5, 5.41) is 6.67. The topological polar surface area (TPSA) is 54.1 Å². The molecule has 0 bridgehead atoms. The molecule has 0 aliphatic carbocycles. The molecule has 0 fully saturated rings. The summed E-state index contributed by atoms with van der Waals surface area (Å²) < 4.78 is 6.02. The van der Waals surface area contributed by atoms with Crippen molar-refractivity contribution in [2.24, 2.45) is 0 Å². The standard InChI is InChI=1S/C17H15BrN2O2S/c1-22-17(21)13-7-11-10-4-2-3-5-12(10)19-15(11)16(20-13)14-6-9(18)8-23-14/h2-6,8,13,16,19-20H,7H2,1H3. The molecule has 4 nitrogen and oxygen atoms in total. The second kappa shape index (κ2) is 5.78. The van der Waals surface area contributed by atoms with Gasteiger partial charge in [0.2, 0.25) is 0 Å². The van der Waals surface area contributed by atoms with E-state index in [9.17, 15) is 4.79 Å². The predicted octanol–water partition coefficient (Wildman–Crippen LogP) is 3.77. The Bertz CT molecular complexity index is 886. The van der Waals surface area contributed by atoms with Crippen LogP contribution in [0.25, 0.3) is 10.9 Å². The van der Waals surface area contributed by atoms with E-state index in [1.807, 2.05) is 12.1 Å². The first-order valence-electron chi connectivity index (χ1n) is 7.34. The van der Waals surface area contributed by atoms with Crippen LogP contribution in [0.4, 0.5) is 0 Å². The summed E-state index contributed by atoms with van der Waals surface area (Å²) in [5.41, 5.74) is 3.44. The molecule has 0 spiro atoms. The molecule has 0 saturated heterocycles. The molecule has 4 rings (SSSR count). The molecule has 2 N–H and O–H groups in total. The maximum absolute atomic E-state index is 12.1. The van der Waals surface area contributed by atoms with Crippen LogP contribution in [0.3, 0.4) is 0 Å². The number of ether oxygens (including phenoxy) is 1. The molecule has 3 aromatic rings. The average Bonchev–Trinajstić information content (AvgIpc) is 3.16. The van der Waals surface area contributed by atoms with Crippen LogP contribution in [0.1, 0.15) is 22.2 Å². The fourth-order valence-electron chi connectivity index (χ4n) is 3.23. The lowest BCUT2D eigenvalue weighted by atomic mass is 9.93. The van der Waals surface area contributed by atoms with Crippen molar-refractivity contribution in [3.8, 4) is 0 Å². The second-order valence-electron chi connectivity index (χ2n) is 5.61. The fraction of sp³-hybridized carbons (Fsp3) is 0.235. The van der Waals surface area contributed by atoms with E-state index in [1.165, 1.54) is 22.9 Å². The fourth-order valence-corrected chi connectivity index (χ4v) is 4.74. The van der Waals surface area contributed by atoms with E-state index in [-0.39, 0.29) is 18.1 Å². The zero-order chi connectivity index (χ0) is 16.0. The Morgan fingerprint density at radius 2 is 2.22 bits per heavy atom. The van der Waals surface area contributed by atoms with Crippen molar-refractivity contribution < 1.29 is 9.53 Å². The largest absolute Gasteiger partial charge is 0.468 e. The molecule has 0 saturated carbocycles. The van der Waals surface area contributed by atoms with Crippen molar-refractivity contribution in [2.75, 3.05) is 7.11 Å². The first-order chi connectivity index (χ1) is 11.2. The summed E-state index contributed by atoms with van der Waals surface area (Å²) in [6.45, 7) is 0. The molecule has 6 heteroatoms. The van der Waals surface area contributed by atoms with E-state index in [0.717, 1.165) is 15.7 Å². The molecule has 1 aliphatic heterocycles. The number of hydrogen-bond acceptors (Lipinski definition) is 4. The Kier molecular flexibility index (Phi) is 3.75. The Hall–Kier alpha value is -1.63. The highest BCUT2D eigenvalue weighted by Crippen LogP contribution is 2.38. The van der Waals surface area contributed by atoms with Gasteiger partial charge in [-0.2, -0.15) is 0 Å². The van der Waals surface area contributed by atoms with Gasteiger partial charge in [-0.3, -0.25) is 10.1 Å². The third-order valence-electron chi connectivity index (χ3n) is 4.27. The Morgan fingerprint density at radius 1 is 1.39 bits per heavy atom. The van der Waals surface area contributed by atoms with Gasteiger partial charge in [0.05, 0.1) is 13.2 Å². The highest BCUT2D eigenvalue weighted by atomic mass is 79.9. The molecule has 118 valence electrons. The molecule has 2 atom stereocenters. The number of methoxy groups -OCH3 is 1. The second-order valence-corrected chi connectivity index (χ2v) is 7.47. The summed E-state index contributed by atoms with van der Waals surface area (Å²) >= 11 is 5.18. The number of thiophene rings is 1. The quantitative estimate of drug-likeness (QED) is 0.654. The van der Waals surface area contributed by atoms with Crippen LogP contribution in [0, 0.1) is 0 Å².